The first-order chi connectivity index (χ1) is 12.7. The predicted molar refractivity (Wildman–Crippen MR) is 97.8 cm³/mol. The summed E-state index contributed by atoms with van der Waals surface area (Å²) >= 11 is 0. The number of fused-ring (bicyclic) bond motifs is 1. The lowest BCUT2D eigenvalue weighted by atomic mass is 10.0. The third-order valence-electron chi connectivity index (χ3n) is 4.07. The number of nitrogens with zero attached hydrogens (tertiary/aromatic N) is 3. The average molecular weight is 342 g/mol. The van der Waals surface area contributed by atoms with Crippen molar-refractivity contribution in [2.24, 2.45) is 4.99 Å². The molecule has 1 N–H and O–H groups in total. The van der Waals surface area contributed by atoms with E-state index in [9.17, 15) is 9.59 Å². The van der Waals surface area contributed by atoms with Crippen molar-refractivity contribution in [3.63, 3.8) is 0 Å². The van der Waals surface area contributed by atoms with Crippen LogP contribution in [0.1, 0.15) is 27.9 Å². The number of nitrogens with one attached hydrogen (secondary N) is 1. The minimum absolute atomic E-state index is 0.102. The second-order valence-electron chi connectivity index (χ2n) is 5.84. The Morgan fingerprint density at radius 1 is 0.962 bits per heavy atom. The zero-order valence-corrected chi connectivity index (χ0v) is 13.7. The average Bonchev–Trinajstić information content (AvgIpc) is 2.86. The van der Waals surface area contributed by atoms with E-state index in [1.54, 1.807) is 48.8 Å². The molecule has 0 bridgehead atoms. The highest BCUT2D eigenvalue weighted by Gasteiger charge is 2.19. The van der Waals surface area contributed by atoms with Crippen molar-refractivity contribution in [1.82, 2.24) is 10.2 Å². The number of hydrogen-bond donors (Lipinski definition) is 1. The molecular weight excluding hydrogens is 328 g/mol. The molecule has 0 aliphatic carbocycles. The van der Waals surface area contributed by atoms with Crippen LogP contribution in [0, 0.1) is 0 Å². The quantitative estimate of drug-likeness (QED) is 0.741. The first-order valence-corrected chi connectivity index (χ1v) is 8.09. The summed E-state index contributed by atoms with van der Waals surface area (Å²) in [5, 5.41) is 10.4. The van der Waals surface area contributed by atoms with Crippen LogP contribution in [0.2, 0.25) is 0 Å². The van der Waals surface area contributed by atoms with E-state index in [0.29, 0.717) is 28.2 Å². The molecule has 0 spiro atoms. The van der Waals surface area contributed by atoms with Crippen molar-refractivity contribution in [2.75, 3.05) is 5.32 Å². The summed E-state index contributed by atoms with van der Waals surface area (Å²) in [6.45, 7) is 0. The number of anilines is 1. The van der Waals surface area contributed by atoms with E-state index in [1.165, 1.54) is 0 Å². The molecule has 2 heterocycles. The van der Waals surface area contributed by atoms with Crippen molar-refractivity contribution in [2.45, 2.75) is 6.42 Å². The van der Waals surface area contributed by atoms with Crippen molar-refractivity contribution >= 4 is 28.8 Å². The number of rotatable bonds is 3. The summed E-state index contributed by atoms with van der Waals surface area (Å²) in [6.07, 6.45) is 3.26. The Kier molecular flexibility index (Phi) is 4.07. The van der Waals surface area contributed by atoms with Crippen LogP contribution in [0.4, 0.5) is 11.4 Å². The molecule has 1 amide bonds. The van der Waals surface area contributed by atoms with Gasteiger partial charge in [0.15, 0.2) is 5.78 Å². The molecule has 0 saturated carbocycles. The molecule has 0 fully saturated rings. The Balaban J connectivity index is 1.73. The molecule has 0 unspecified atom stereocenters. The fraction of sp³-hybridized carbons (Fsp3) is 0.0500. The van der Waals surface area contributed by atoms with Crippen LogP contribution in [-0.4, -0.2) is 27.6 Å². The van der Waals surface area contributed by atoms with Gasteiger partial charge >= 0.3 is 0 Å². The summed E-state index contributed by atoms with van der Waals surface area (Å²) in [4.78, 5) is 29.5. The zero-order valence-electron chi connectivity index (χ0n) is 13.7. The van der Waals surface area contributed by atoms with Crippen LogP contribution in [0.25, 0.3) is 0 Å². The molecule has 4 rings (SSSR count). The van der Waals surface area contributed by atoms with E-state index in [1.807, 2.05) is 18.2 Å². The van der Waals surface area contributed by atoms with E-state index in [2.05, 4.69) is 20.5 Å². The summed E-state index contributed by atoms with van der Waals surface area (Å²) in [6, 6.07) is 15.9. The van der Waals surface area contributed by atoms with E-state index in [-0.39, 0.29) is 18.1 Å². The van der Waals surface area contributed by atoms with E-state index in [4.69, 9.17) is 0 Å². The maximum absolute atomic E-state index is 12.6. The standard InChI is InChI=1S/C20H14N4O2/c25-19-11-17(15-8-9-21-22-12-15)23-16-7-6-14(10-18(16)24-19)20(26)13-4-2-1-3-5-13/h1-10,12H,11H2,(H,24,25). The molecule has 1 aliphatic heterocycles. The maximum atomic E-state index is 12.6. The minimum atomic E-state index is -0.191. The Labute approximate surface area is 149 Å². The highest BCUT2D eigenvalue weighted by atomic mass is 16.1. The molecule has 2 aromatic carbocycles. The molecule has 26 heavy (non-hydrogen) atoms. The van der Waals surface area contributed by atoms with Gasteiger partial charge in [-0.15, -0.1) is 0 Å². The first-order valence-electron chi connectivity index (χ1n) is 8.09. The third kappa shape index (κ3) is 3.12. The third-order valence-corrected chi connectivity index (χ3v) is 4.07. The number of hydrogen-bond acceptors (Lipinski definition) is 5. The van der Waals surface area contributed by atoms with Gasteiger partial charge < -0.3 is 5.32 Å². The summed E-state index contributed by atoms with van der Waals surface area (Å²) in [7, 11) is 0. The fourth-order valence-corrected chi connectivity index (χ4v) is 2.79. The number of benzene rings is 2. The second-order valence-corrected chi connectivity index (χ2v) is 5.84. The maximum Gasteiger partial charge on any atom is 0.230 e. The van der Waals surface area contributed by atoms with Crippen LogP contribution in [0.5, 0.6) is 0 Å². The Hall–Kier alpha value is -3.67. The summed E-state index contributed by atoms with van der Waals surface area (Å²) < 4.78 is 0. The molecule has 1 aromatic heterocycles. The molecule has 6 heteroatoms. The number of aliphatic imine (C=N–C) groups is 1. The lowest BCUT2D eigenvalue weighted by Gasteiger charge is -2.07. The van der Waals surface area contributed by atoms with Crippen LogP contribution in [0.3, 0.4) is 0 Å². The van der Waals surface area contributed by atoms with E-state index in [0.717, 1.165) is 5.56 Å². The Morgan fingerprint density at radius 3 is 2.58 bits per heavy atom. The van der Waals surface area contributed by atoms with Crippen LogP contribution >= 0.6 is 0 Å². The monoisotopic (exact) mass is 342 g/mol. The molecule has 0 saturated heterocycles. The second kappa shape index (κ2) is 6.68. The van der Waals surface area contributed by atoms with Gasteiger partial charge in [0.1, 0.15) is 0 Å². The normalized spacial score (nSPS) is 13.2. The topological polar surface area (TPSA) is 84.3 Å². The van der Waals surface area contributed by atoms with Gasteiger partial charge in [0.2, 0.25) is 5.91 Å². The smallest absolute Gasteiger partial charge is 0.230 e. The molecule has 0 atom stereocenters. The van der Waals surface area contributed by atoms with Crippen molar-refractivity contribution in [3.05, 3.63) is 83.7 Å². The van der Waals surface area contributed by atoms with Gasteiger partial charge in [0.05, 0.1) is 35.9 Å². The minimum Gasteiger partial charge on any atom is -0.324 e. The van der Waals surface area contributed by atoms with Crippen LogP contribution in [0.15, 0.2) is 72.0 Å². The van der Waals surface area contributed by atoms with Gasteiger partial charge in [-0.3, -0.25) is 14.6 Å². The van der Waals surface area contributed by atoms with Crippen LogP contribution in [-0.2, 0) is 4.79 Å². The molecule has 6 nitrogen and oxygen atoms in total. The number of ketones is 1. The fourth-order valence-electron chi connectivity index (χ4n) is 2.79. The molecule has 3 aromatic rings. The zero-order chi connectivity index (χ0) is 17.9. The van der Waals surface area contributed by atoms with Crippen molar-refractivity contribution in [3.8, 4) is 0 Å². The predicted octanol–water partition coefficient (Wildman–Crippen LogP) is 3.17. The molecule has 0 radical (unpaired) electrons. The SMILES string of the molecule is O=C1CC(c2ccnnc2)=Nc2ccc(C(=O)c3ccccc3)cc2N1. The van der Waals surface area contributed by atoms with Gasteiger partial charge in [0, 0.05) is 16.7 Å². The van der Waals surface area contributed by atoms with Gasteiger partial charge in [-0.1, -0.05) is 30.3 Å². The van der Waals surface area contributed by atoms with Gasteiger partial charge in [-0.2, -0.15) is 10.2 Å². The van der Waals surface area contributed by atoms with E-state index >= 15 is 0 Å². The van der Waals surface area contributed by atoms with Gasteiger partial charge in [-0.25, -0.2) is 0 Å². The number of amides is 1. The van der Waals surface area contributed by atoms with Gasteiger partial charge in [-0.05, 0) is 24.3 Å². The van der Waals surface area contributed by atoms with E-state index < -0.39 is 0 Å². The lowest BCUT2D eigenvalue weighted by molar-refractivity contribution is -0.115. The summed E-state index contributed by atoms with van der Waals surface area (Å²) in [5.74, 6) is -0.293. The number of aromatic nitrogens is 2. The highest BCUT2D eigenvalue weighted by Crippen LogP contribution is 2.30. The largest absolute Gasteiger partial charge is 0.324 e. The molecule has 126 valence electrons. The molecule has 1 aliphatic rings. The molecular formula is C20H14N4O2. The van der Waals surface area contributed by atoms with Crippen LogP contribution < -0.4 is 5.32 Å². The number of carbonyl (C=O) groups excluding carboxylic acids is 2. The van der Waals surface area contributed by atoms with Gasteiger partial charge in [0.25, 0.3) is 0 Å². The first kappa shape index (κ1) is 15.8. The highest BCUT2D eigenvalue weighted by molar-refractivity contribution is 6.17. The number of carbonyl (C=O) groups is 2. The van der Waals surface area contributed by atoms with Crippen molar-refractivity contribution in [1.29, 1.82) is 0 Å². The Bertz CT molecular complexity index is 1010. The Morgan fingerprint density at radius 2 is 1.81 bits per heavy atom. The van der Waals surface area contributed by atoms with Crippen molar-refractivity contribution < 1.29 is 9.59 Å². The summed E-state index contributed by atoms with van der Waals surface area (Å²) in [5.41, 5.74) is 3.57. The lowest BCUT2D eigenvalue weighted by Crippen LogP contribution is -2.15.